The van der Waals surface area contributed by atoms with E-state index in [0.717, 1.165) is 19.3 Å². The van der Waals surface area contributed by atoms with Gasteiger partial charge in [-0.2, -0.15) is 0 Å². The number of nitrogens with one attached hydrogen (secondary N) is 1. The van der Waals surface area contributed by atoms with Crippen molar-refractivity contribution in [2.75, 3.05) is 18.5 Å². The van der Waals surface area contributed by atoms with E-state index in [4.69, 9.17) is 5.11 Å². The molecule has 0 amide bonds. The van der Waals surface area contributed by atoms with Crippen LogP contribution < -0.4 is 10.1 Å². The predicted octanol–water partition coefficient (Wildman–Crippen LogP) is 3.92. The Morgan fingerprint density at radius 3 is 2.53 bits per heavy atom. The molecule has 0 fully saturated rings. The third-order valence-corrected chi connectivity index (χ3v) is 2.94. The highest BCUT2D eigenvalue weighted by molar-refractivity contribution is 9.10. The number of aliphatic hydroxyl groups is 1. The summed E-state index contributed by atoms with van der Waals surface area (Å²) in [6.07, 6.45) is -2.15. The summed E-state index contributed by atoms with van der Waals surface area (Å²) >= 11 is 3.04. The molecule has 0 aliphatic carbocycles. The molecule has 19 heavy (non-hydrogen) atoms. The van der Waals surface area contributed by atoms with E-state index < -0.39 is 6.36 Å². The van der Waals surface area contributed by atoms with Crippen molar-refractivity contribution >= 4 is 21.6 Å². The Morgan fingerprint density at radius 1 is 1.21 bits per heavy atom. The molecule has 0 heterocycles. The Labute approximate surface area is 117 Å². The van der Waals surface area contributed by atoms with Gasteiger partial charge in [-0.1, -0.05) is 0 Å². The number of unbranched alkanes of at least 4 members (excludes halogenated alkanes) is 2. The predicted molar refractivity (Wildman–Crippen MR) is 70.3 cm³/mol. The van der Waals surface area contributed by atoms with Crippen molar-refractivity contribution in [3.05, 3.63) is 22.7 Å². The van der Waals surface area contributed by atoms with E-state index in [9.17, 15) is 13.2 Å². The van der Waals surface area contributed by atoms with Gasteiger partial charge in [-0.3, -0.25) is 0 Å². The number of rotatable bonds is 7. The van der Waals surface area contributed by atoms with E-state index in [1.807, 2.05) is 0 Å². The fraction of sp³-hybridized carbons (Fsp3) is 0.500. The number of alkyl halides is 3. The summed E-state index contributed by atoms with van der Waals surface area (Å²) in [5, 5.41) is 11.7. The van der Waals surface area contributed by atoms with Gasteiger partial charge in [0.05, 0.1) is 4.47 Å². The highest BCUT2D eigenvalue weighted by atomic mass is 79.9. The number of anilines is 1. The smallest absolute Gasteiger partial charge is 0.405 e. The van der Waals surface area contributed by atoms with Crippen molar-refractivity contribution in [3.63, 3.8) is 0 Å². The Hall–Kier alpha value is -0.950. The molecule has 0 bridgehead atoms. The Kier molecular flexibility index (Phi) is 6.44. The van der Waals surface area contributed by atoms with Gasteiger partial charge in [0.2, 0.25) is 0 Å². The second kappa shape index (κ2) is 7.59. The fourth-order valence-electron chi connectivity index (χ4n) is 1.46. The summed E-state index contributed by atoms with van der Waals surface area (Å²) in [6, 6.07) is 4.32. The summed E-state index contributed by atoms with van der Waals surface area (Å²) in [4.78, 5) is 0. The van der Waals surface area contributed by atoms with Crippen LogP contribution in [0.1, 0.15) is 19.3 Å². The van der Waals surface area contributed by atoms with Crippen molar-refractivity contribution in [1.82, 2.24) is 0 Å². The highest BCUT2D eigenvalue weighted by Gasteiger charge is 2.31. The Balaban J connectivity index is 2.47. The molecular weight excluding hydrogens is 327 g/mol. The molecule has 1 aromatic carbocycles. The first-order chi connectivity index (χ1) is 8.92. The molecule has 0 spiro atoms. The standard InChI is InChI=1S/C12H15BrF3NO2/c13-10-8-9(17-6-2-1-3-7-18)4-5-11(10)19-12(14,15)16/h4-5,8,17-18H,1-3,6-7H2. The first kappa shape index (κ1) is 16.1. The van der Waals surface area contributed by atoms with Gasteiger partial charge >= 0.3 is 6.36 Å². The van der Waals surface area contributed by atoms with E-state index >= 15 is 0 Å². The molecule has 3 nitrogen and oxygen atoms in total. The second-order valence-electron chi connectivity index (χ2n) is 3.90. The third kappa shape index (κ3) is 6.68. The van der Waals surface area contributed by atoms with E-state index in [2.05, 4.69) is 26.0 Å². The van der Waals surface area contributed by atoms with E-state index in [-0.39, 0.29) is 16.8 Å². The molecule has 0 saturated carbocycles. The van der Waals surface area contributed by atoms with Crippen LogP contribution in [0.15, 0.2) is 22.7 Å². The van der Waals surface area contributed by atoms with Crippen LogP contribution in [-0.2, 0) is 0 Å². The minimum Gasteiger partial charge on any atom is -0.405 e. The summed E-state index contributed by atoms with van der Waals surface area (Å²) in [7, 11) is 0. The summed E-state index contributed by atoms with van der Waals surface area (Å²) in [5.41, 5.74) is 0.713. The summed E-state index contributed by atoms with van der Waals surface area (Å²) in [5.74, 6) is -0.265. The Bertz CT molecular complexity index is 399. The highest BCUT2D eigenvalue weighted by Crippen LogP contribution is 2.32. The zero-order chi connectivity index (χ0) is 14.3. The second-order valence-corrected chi connectivity index (χ2v) is 4.76. The van der Waals surface area contributed by atoms with Crippen LogP contribution in [0.2, 0.25) is 0 Å². The van der Waals surface area contributed by atoms with E-state index in [0.29, 0.717) is 12.2 Å². The summed E-state index contributed by atoms with van der Waals surface area (Å²) < 4.78 is 40.3. The van der Waals surface area contributed by atoms with Crippen LogP contribution in [0, 0.1) is 0 Å². The SMILES string of the molecule is OCCCCCNc1ccc(OC(F)(F)F)c(Br)c1. The molecule has 7 heteroatoms. The molecule has 0 aliphatic heterocycles. The van der Waals surface area contributed by atoms with Gasteiger partial charge in [-0.25, -0.2) is 0 Å². The third-order valence-electron chi connectivity index (χ3n) is 2.32. The number of hydrogen-bond donors (Lipinski definition) is 2. The topological polar surface area (TPSA) is 41.5 Å². The van der Waals surface area contributed by atoms with Gasteiger partial charge in [0, 0.05) is 18.8 Å². The van der Waals surface area contributed by atoms with Crippen molar-refractivity contribution in [1.29, 1.82) is 0 Å². The van der Waals surface area contributed by atoms with Crippen molar-refractivity contribution < 1.29 is 23.0 Å². The van der Waals surface area contributed by atoms with Crippen LogP contribution in [-0.4, -0.2) is 24.6 Å². The zero-order valence-electron chi connectivity index (χ0n) is 10.1. The van der Waals surface area contributed by atoms with Crippen LogP contribution in [0.3, 0.4) is 0 Å². The molecule has 0 aliphatic rings. The lowest BCUT2D eigenvalue weighted by atomic mass is 10.2. The number of ether oxygens (including phenoxy) is 1. The van der Waals surface area contributed by atoms with Crippen LogP contribution in [0.5, 0.6) is 5.75 Å². The largest absolute Gasteiger partial charge is 0.573 e. The minimum absolute atomic E-state index is 0.176. The molecule has 1 aromatic rings. The maximum atomic E-state index is 12.1. The van der Waals surface area contributed by atoms with Gasteiger partial charge in [-0.05, 0) is 53.4 Å². The van der Waals surface area contributed by atoms with Gasteiger partial charge in [-0.15, -0.1) is 13.2 Å². The van der Waals surface area contributed by atoms with Crippen LogP contribution >= 0.6 is 15.9 Å². The van der Waals surface area contributed by atoms with Gasteiger partial charge in [0.25, 0.3) is 0 Å². The molecular formula is C12H15BrF3NO2. The number of halogens is 4. The lowest BCUT2D eigenvalue weighted by Crippen LogP contribution is -2.17. The Morgan fingerprint density at radius 2 is 1.95 bits per heavy atom. The molecule has 0 aromatic heterocycles. The quantitative estimate of drug-likeness (QED) is 0.738. The minimum atomic E-state index is -4.69. The normalized spacial score (nSPS) is 11.4. The van der Waals surface area contributed by atoms with E-state index in [1.54, 1.807) is 0 Å². The summed E-state index contributed by atoms with van der Waals surface area (Å²) in [6.45, 7) is 0.876. The fourth-order valence-corrected chi connectivity index (χ4v) is 1.92. The maximum absolute atomic E-state index is 12.1. The molecule has 108 valence electrons. The van der Waals surface area contributed by atoms with Crippen LogP contribution in [0.25, 0.3) is 0 Å². The van der Waals surface area contributed by atoms with Gasteiger partial charge in [0.15, 0.2) is 0 Å². The lowest BCUT2D eigenvalue weighted by molar-refractivity contribution is -0.274. The molecule has 1 rings (SSSR count). The molecule has 0 unspecified atom stereocenters. The number of benzene rings is 1. The molecule has 0 saturated heterocycles. The average Bonchev–Trinajstić information content (AvgIpc) is 2.31. The van der Waals surface area contributed by atoms with Crippen molar-refractivity contribution in [3.8, 4) is 5.75 Å². The lowest BCUT2D eigenvalue weighted by Gasteiger charge is -2.12. The monoisotopic (exact) mass is 341 g/mol. The maximum Gasteiger partial charge on any atom is 0.573 e. The van der Waals surface area contributed by atoms with Crippen molar-refractivity contribution in [2.24, 2.45) is 0 Å². The van der Waals surface area contributed by atoms with Crippen LogP contribution in [0.4, 0.5) is 18.9 Å². The van der Waals surface area contributed by atoms with E-state index in [1.165, 1.54) is 18.2 Å². The number of hydrogen-bond acceptors (Lipinski definition) is 3. The van der Waals surface area contributed by atoms with Crippen molar-refractivity contribution in [2.45, 2.75) is 25.6 Å². The molecule has 0 atom stereocenters. The van der Waals surface area contributed by atoms with Gasteiger partial charge in [0.1, 0.15) is 5.75 Å². The molecule has 0 radical (unpaired) electrons. The first-order valence-electron chi connectivity index (χ1n) is 5.82. The molecule has 2 N–H and O–H groups in total. The first-order valence-corrected chi connectivity index (χ1v) is 6.61. The zero-order valence-corrected chi connectivity index (χ0v) is 11.7. The number of aliphatic hydroxyl groups excluding tert-OH is 1. The van der Waals surface area contributed by atoms with Gasteiger partial charge < -0.3 is 15.2 Å². The average molecular weight is 342 g/mol.